The number of aromatic nitrogens is 3. The fourth-order valence-corrected chi connectivity index (χ4v) is 2.54. The lowest BCUT2D eigenvalue weighted by Crippen LogP contribution is -2.07. The van der Waals surface area contributed by atoms with E-state index in [0.29, 0.717) is 11.0 Å². The summed E-state index contributed by atoms with van der Waals surface area (Å²) in [6.07, 6.45) is 1.73. The van der Waals surface area contributed by atoms with Crippen LogP contribution < -0.4 is 5.32 Å². The van der Waals surface area contributed by atoms with Gasteiger partial charge in [-0.1, -0.05) is 39.7 Å². The van der Waals surface area contributed by atoms with Gasteiger partial charge in [0.25, 0.3) is 0 Å². The van der Waals surface area contributed by atoms with E-state index in [2.05, 4.69) is 50.4 Å². The Kier molecular flexibility index (Phi) is 3.63. The Bertz CT molecular complexity index is 756. The van der Waals surface area contributed by atoms with Gasteiger partial charge in [0, 0.05) is 10.7 Å². The molecular formula is C14H12BrClN4. The molecule has 1 unspecified atom stereocenters. The summed E-state index contributed by atoms with van der Waals surface area (Å²) in [7, 11) is 0. The number of nitrogens with one attached hydrogen (secondary N) is 1. The lowest BCUT2D eigenvalue weighted by atomic mass is 10.1. The van der Waals surface area contributed by atoms with Gasteiger partial charge in [0.15, 0.2) is 5.65 Å². The topological polar surface area (TPSA) is 42.2 Å². The fraction of sp³-hybridized carbons (Fsp3) is 0.143. The van der Waals surface area contributed by atoms with Gasteiger partial charge in [-0.05, 0) is 36.8 Å². The monoisotopic (exact) mass is 350 g/mol. The van der Waals surface area contributed by atoms with Gasteiger partial charge < -0.3 is 5.32 Å². The average Bonchev–Trinajstić information content (AvgIpc) is 2.80. The summed E-state index contributed by atoms with van der Waals surface area (Å²) < 4.78 is 2.72. The van der Waals surface area contributed by atoms with Crippen LogP contribution in [0.15, 0.2) is 47.1 Å². The van der Waals surface area contributed by atoms with Crippen molar-refractivity contribution in [2.24, 2.45) is 0 Å². The average molecular weight is 352 g/mol. The molecule has 20 heavy (non-hydrogen) atoms. The van der Waals surface area contributed by atoms with Crippen molar-refractivity contribution in [3.63, 3.8) is 0 Å². The molecule has 2 aromatic heterocycles. The van der Waals surface area contributed by atoms with Crippen LogP contribution in [0.2, 0.25) is 5.02 Å². The third-order valence-corrected chi connectivity index (χ3v) is 3.71. The lowest BCUT2D eigenvalue weighted by molar-refractivity contribution is 0.852. The van der Waals surface area contributed by atoms with Crippen LogP contribution in [0.1, 0.15) is 18.5 Å². The summed E-state index contributed by atoms with van der Waals surface area (Å²) in [6, 6.07) is 11.9. The van der Waals surface area contributed by atoms with E-state index in [1.165, 1.54) is 0 Å². The van der Waals surface area contributed by atoms with Crippen LogP contribution in [0, 0.1) is 0 Å². The molecular weight excluding hydrogens is 340 g/mol. The third-order valence-electron chi connectivity index (χ3n) is 2.99. The highest BCUT2D eigenvalue weighted by molar-refractivity contribution is 9.10. The van der Waals surface area contributed by atoms with Gasteiger partial charge in [0.05, 0.1) is 11.1 Å². The van der Waals surface area contributed by atoms with Crippen molar-refractivity contribution in [3.8, 4) is 0 Å². The first-order valence-electron chi connectivity index (χ1n) is 6.16. The quantitative estimate of drug-likeness (QED) is 0.764. The van der Waals surface area contributed by atoms with Crippen LogP contribution in [-0.4, -0.2) is 14.6 Å². The van der Waals surface area contributed by atoms with E-state index in [-0.39, 0.29) is 6.04 Å². The molecule has 0 saturated carbocycles. The Hall–Kier alpha value is -1.59. The Morgan fingerprint density at radius 3 is 2.95 bits per heavy atom. The number of hydrogen-bond acceptors (Lipinski definition) is 3. The first-order valence-corrected chi connectivity index (χ1v) is 7.33. The van der Waals surface area contributed by atoms with E-state index in [4.69, 9.17) is 11.6 Å². The molecule has 1 N–H and O–H groups in total. The van der Waals surface area contributed by atoms with E-state index in [9.17, 15) is 0 Å². The van der Waals surface area contributed by atoms with Gasteiger partial charge in [-0.2, -0.15) is 4.98 Å². The van der Waals surface area contributed by atoms with Crippen molar-refractivity contribution >= 4 is 39.1 Å². The van der Waals surface area contributed by atoms with E-state index in [1.54, 1.807) is 16.8 Å². The molecule has 0 radical (unpaired) electrons. The standard InChI is InChI=1S/C14H12BrClN4/c1-9(10-3-2-4-11(15)7-10)17-14-18-13-6-5-12(16)8-20(13)19-14/h2-9H,1H3,(H,17,19). The Labute approximate surface area is 129 Å². The number of halogens is 2. The second kappa shape index (κ2) is 5.42. The van der Waals surface area contributed by atoms with Gasteiger partial charge in [-0.15, -0.1) is 5.10 Å². The maximum absolute atomic E-state index is 5.93. The lowest BCUT2D eigenvalue weighted by Gasteiger charge is -2.12. The molecule has 3 rings (SSSR count). The molecule has 3 aromatic rings. The molecule has 0 aliphatic carbocycles. The summed E-state index contributed by atoms with van der Waals surface area (Å²) in [5.74, 6) is 0.583. The Morgan fingerprint density at radius 2 is 2.15 bits per heavy atom. The zero-order valence-corrected chi connectivity index (χ0v) is 13.1. The molecule has 6 heteroatoms. The summed E-state index contributed by atoms with van der Waals surface area (Å²) in [4.78, 5) is 4.41. The van der Waals surface area contributed by atoms with Crippen molar-refractivity contribution < 1.29 is 0 Å². The second-order valence-corrected chi connectivity index (χ2v) is 5.86. The van der Waals surface area contributed by atoms with Crippen LogP contribution in [-0.2, 0) is 0 Å². The largest absolute Gasteiger partial charge is 0.346 e. The Balaban J connectivity index is 1.85. The highest BCUT2D eigenvalue weighted by Gasteiger charge is 2.09. The maximum atomic E-state index is 5.93. The van der Waals surface area contributed by atoms with Gasteiger partial charge in [0.2, 0.25) is 5.95 Å². The zero-order valence-electron chi connectivity index (χ0n) is 10.7. The molecule has 0 aliphatic heterocycles. The molecule has 1 atom stereocenters. The normalized spacial score (nSPS) is 12.6. The molecule has 2 heterocycles. The SMILES string of the molecule is CC(Nc1nc2ccc(Cl)cn2n1)c1cccc(Br)c1. The van der Waals surface area contributed by atoms with E-state index >= 15 is 0 Å². The number of benzene rings is 1. The van der Waals surface area contributed by atoms with Crippen LogP contribution in [0.3, 0.4) is 0 Å². The molecule has 0 aliphatic rings. The van der Waals surface area contributed by atoms with Crippen molar-refractivity contribution in [3.05, 3.63) is 57.7 Å². The van der Waals surface area contributed by atoms with Gasteiger partial charge >= 0.3 is 0 Å². The summed E-state index contributed by atoms with van der Waals surface area (Å²) >= 11 is 9.41. The summed E-state index contributed by atoms with van der Waals surface area (Å²) in [6.45, 7) is 2.07. The number of anilines is 1. The van der Waals surface area contributed by atoms with E-state index in [1.807, 2.05) is 18.2 Å². The van der Waals surface area contributed by atoms with Crippen LogP contribution >= 0.6 is 27.5 Å². The van der Waals surface area contributed by atoms with Crippen LogP contribution in [0.4, 0.5) is 5.95 Å². The molecule has 0 spiro atoms. The van der Waals surface area contributed by atoms with Crippen molar-refractivity contribution in [2.75, 3.05) is 5.32 Å². The molecule has 0 amide bonds. The predicted octanol–water partition coefficient (Wildman–Crippen LogP) is 4.32. The van der Waals surface area contributed by atoms with Gasteiger partial charge in [-0.25, -0.2) is 4.52 Å². The second-order valence-electron chi connectivity index (χ2n) is 4.51. The van der Waals surface area contributed by atoms with Crippen molar-refractivity contribution in [1.29, 1.82) is 0 Å². The van der Waals surface area contributed by atoms with E-state index in [0.717, 1.165) is 15.7 Å². The van der Waals surface area contributed by atoms with Crippen molar-refractivity contribution in [1.82, 2.24) is 14.6 Å². The smallest absolute Gasteiger partial charge is 0.243 e. The molecule has 102 valence electrons. The minimum atomic E-state index is 0.111. The van der Waals surface area contributed by atoms with Crippen molar-refractivity contribution in [2.45, 2.75) is 13.0 Å². The van der Waals surface area contributed by atoms with E-state index < -0.39 is 0 Å². The van der Waals surface area contributed by atoms with Crippen LogP contribution in [0.25, 0.3) is 5.65 Å². The van der Waals surface area contributed by atoms with Gasteiger partial charge in [0.1, 0.15) is 0 Å². The molecule has 0 saturated heterocycles. The predicted molar refractivity (Wildman–Crippen MR) is 84.2 cm³/mol. The minimum absolute atomic E-state index is 0.111. The first kappa shape index (κ1) is 13.4. The Morgan fingerprint density at radius 1 is 1.30 bits per heavy atom. The molecule has 4 nitrogen and oxygen atoms in total. The summed E-state index contributed by atoms with van der Waals surface area (Å²) in [5.41, 5.74) is 1.93. The van der Waals surface area contributed by atoms with Gasteiger partial charge in [-0.3, -0.25) is 0 Å². The number of rotatable bonds is 3. The zero-order chi connectivity index (χ0) is 14.1. The molecule has 0 bridgehead atoms. The highest BCUT2D eigenvalue weighted by Crippen LogP contribution is 2.21. The number of pyridine rings is 1. The third kappa shape index (κ3) is 2.78. The first-order chi connectivity index (χ1) is 9.61. The fourth-order valence-electron chi connectivity index (χ4n) is 1.97. The minimum Gasteiger partial charge on any atom is -0.346 e. The molecule has 0 fully saturated rings. The molecule has 1 aromatic carbocycles. The number of hydrogen-bond donors (Lipinski definition) is 1. The van der Waals surface area contributed by atoms with Crippen LogP contribution in [0.5, 0.6) is 0 Å². The summed E-state index contributed by atoms with van der Waals surface area (Å²) in [5, 5.41) is 8.28. The maximum Gasteiger partial charge on any atom is 0.243 e. The number of fused-ring (bicyclic) bond motifs is 1. The highest BCUT2D eigenvalue weighted by atomic mass is 79.9. The number of nitrogens with zero attached hydrogens (tertiary/aromatic N) is 3.